The molecule has 0 bridgehead atoms. The van der Waals surface area contributed by atoms with Gasteiger partial charge < -0.3 is 10.2 Å². The highest BCUT2D eigenvalue weighted by Gasteiger charge is 2.17. The molecule has 0 aliphatic heterocycles. The van der Waals surface area contributed by atoms with Crippen LogP contribution < -0.4 is 5.73 Å². The minimum Gasteiger partial charge on any atom is -0.459 e. The van der Waals surface area contributed by atoms with E-state index in [-0.39, 0.29) is 11.9 Å². The molecule has 0 amide bonds. The molecule has 0 spiro atoms. The van der Waals surface area contributed by atoms with Crippen LogP contribution in [-0.2, 0) is 6.42 Å². The molecule has 1 atom stereocenters. The second-order valence-electron chi connectivity index (χ2n) is 5.01. The van der Waals surface area contributed by atoms with E-state index in [1.807, 2.05) is 6.92 Å². The van der Waals surface area contributed by atoms with Gasteiger partial charge in [-0.3, -0.25) is 0 Å². The molecule has 0 saturated carbocycles. The van der Waals surface area contributed by atoms with Crippen LogP contribution in [0.3, 0.4) is 0 Å². The summed E-state index contributed by atoms with van der Waals surface area (Å²) < 4.78 is 19.1. The number of thiophene rings is 1. The van der Waals surface area contributed by atoms with E-state index in [9.17, 15) is 4.39 Å². The average Bonchev–Trinajstić information content (AvgIpc) is 3.05. The maximum absolute atomic E-state index is 13.3. The van der Waals surface area contributed by atoms with E-state index in [1.165, 1.54) is 17.7 Å². The van der Waals surface area contributed by atoms with Gasteiger partial charge in [-0.05, 0) is 60.4 Å². The fourth-order valence-electron chi connectivity index (χ4n) is 2.45. The normalized spacial score (nSPS) is 12.9. The molecule has 1 aromatic carbocycles. The van der Waals surface area contributed by atoms with Gasteiger partial charge in [-0.25, -0.2) is 4.39 Å². The number of nitrogens with two attached hydrogens (primary N) is 1. The Hall–Kier alpha value is -1.65. The van der Waals surface area contributed by atoms with Gasteiger partial charge in [0.1, 0.15) is 17.2 Å². The molecule has 2 aromatic heterocycles. The number of hydrogen-bond donors (Lipinski definition) is 1. The van der Waals surface area contributed by atoms with Crippen molar-refractivity contribution in [2.24, 2.45) is 5.73 Å². The molecule has 2 N–H and O–H groups in total. The standard InChI is InChI=1S/C16H16FNOS/c1-10-13-8-12(17)3-5-15(13)19-16(10)14(18)4-2-11-6-7-20-9-11/h3,5-9,14H,2,4,18H2,1H3. The first-order valence-electron chi connectivity index (χ1n) is 6.60. The Bertz CT molecular complexity index is 717. The third kappa shape index (κ3) is 2.49. The SMILES string of the molecule is Cc1c(C(N)CCc2ccsc2)oc2ccc(F)cc12. The highest BCUT2D eigenvalue weighted by Crippen LogP contribution is 2.30. The molecule has 2 nitrogen and oxygen atoms in total. The molecule has 0 fully saturated rings. The van der Waals surface area contributed by atoms with Crippen molar-refractivity contribution in [1.82, 2.24) is 0 Å². The molecule has 0 aliphatic carbocycles. The molecular weight excluding hydrogens is 273 g/mol. The molecular formula is C16H16FNOS. The lowest BCUT2D eigenvalue weighted by molar-refractivity contribution is 0.474. The zero-order valence-corrected chi connectivity index (χ0v) is 12.0. The van der Waals surface area contributed by atoms with Crippen molar-refractivity contribution < 1.29 is 8.81 Å². The summed E-state index contributed by atoms with van der Waals surface area (Å²) in [5, 5.41) is 5.01. The molecule has 0 radical (unpaired) electrons. The maximum atomic E-state index is 13.3. The first-order valence-corrected chi connectivity index (χ1v) is 7.54. The number of rotatable bonds is 4. The molecule has 3 rings (SSSR count). The fourth-order valence-corrected chi connectivity index (χ4v) is 3.16. The second kappa shape index (κ2) is 5.38. The van der Waals surface area contributed by atoms with E-state index in [1.54, 1.807) is 17.4 Å². The first kappa shape index (κ1) is 13.3. The molecule has 0 saturated heterocycles. The van der Waals surface area contributed by atoms with Crippen LogP contribution in [0, 0.1) is 12.7 Å². The summed E-state index contributed by atoms with van der Waals surface area (Å²) >= 11 is 1.69. The summed E-state index contributed by atoms with van der Waals surface area (Å²) in [7, 11) is 0. The van der Waals surface area contributed by atoms with Gasteiger partial charge in [-0.1, -0.05) is 0 Å². The topological polar surface area (TPSA) is 39.2 Å². The summed E-state index contributed by atoms with van der Waals surface area (Å²) in [6, 6.07) is 6.52. The third-order valence-corrected chi connectivity index (χ3v) is 4.33. The Kier molecular flexibility index (Phi) is 3.59. The lowest BCUT2D eigenvalue weighted by Crippen LogP contribution is -2.11. The average molecular weight is 289 g/mol. The number of fused-ring (bicyclic) bond motifs is 1. The van der Waals surface area contributed by atoms with Crippen LogP contribution in [0.4, 0.5) is 4.39 Å². The Morgan fingerprint density at radius 2 is 2.20 bits per heavy atom. The van der Waals surface area contributed by atoms with E-state index in [0.717, 1.165) is 29.6 Å². The van der Waals surface area contributed by atoms with Crippen molar-refractivity contribution in [3.05, 3.63) is 57.7 Å². The first-order chi connectivity index (χ1) is 9.65. The summed E-state index contributed by atoms with van der Waals surface area (Å²) in [5.74, 6) is 0.514. The zero-order chi connectivity index (χ0) is 14.1. The van der Waals surface area contributed by atoms with E-state index >= 15 is 0 Å². The summed E-state index contributed by atoms with van der Waals surface area (Å²) in [6.45, 7) is 1.94. The fraction of sp³-hybridized carbons (Fsp3) is 0.250. The predicted molar refractivity (Wildman–Crippen MR) is 80.5 cm³/mol. The van der Waals surface area contributed by atoms with Gasteiger partial charge in [0, 0.05) is 10.9 Å². The molecule has 4 heteroatoms. The number of benzene rings is 1. The van der Waals surface area contributed by atoms with Gasteiger partial charge in [0.2, 0.25) is 0 Å². The molecule has 104 valence electrons. The number of hydrogen-bond acceptors (Lipinski definition) is 3. The van der Waals surface area contributed by atoms with Crippen LogP contribution in [0.25, 0.3) is 11.0 Å². The quantitative estimate of drug-likeness (QED) is 0.764. The number of halogens is 1. The molecule has 2 heterocycles. The van der Waals surface area contributed by atoms with Crippen molar-refractivity contribution in [3.63, 3.8) is 0 Å². The van der Waals surface area contributed by atoms with Gasteiger partial charge in [-0.2, -0.15) is 11.3 Å². The minimum atomic E-state index is -0.250. The summed E-state index contributed by atoms with van der Waals surface area (Å²) in [5.41, 5.74) is 9.17. The smallest absolute Gasteiger partial charge is 0.134 e. The zero-order valence-electron chi connectivity index (χ0n) is 11.2. The highest BCUT2D eigenvalue weighted by molar-refractivity contribution is 7.07. The van der Waals surface area contributed by atoms with E-state index in [4.69, 9.17) is 10.2 Å². The van der Waals surface area contributed by atoms with Crippen molar-refractivity contribution in [2.45, 2.75) is 25.8 Å². The van der Waals surface area contributed by atoms with E-state index in [0.29, 0.717) is 5.58 Å². The Morgan fingerprint density at radius 3 is 2.95 bits per heavy atom. The Balaban J connectivity index is 1.84. The van der Waals surface area contributed by atoms with Gasteiger partial charge in [-0.15, -0.1) is 0 Å². The van der Waals surface area contributed by atoms with Crippen LogP contribution in [0.5, 0.6) is 0 Å². The maximum Gasteiger partial charge on any atom is 0.134 e. The van der Waals surface area contributed by atoms with E-state index in [2.05, 4.69) is 16.8 Å². The lowest BCUT2D eigenvalue weighted by Gasteiger charge is -2.09. The lowest BCUT2D eigenvalue weighted by atomic mass is 10.0. The highest BCUT2D eigenvalue weighted by atomic mass is 32.1. The van der Waals surface area contributed by atoms with Gasteiger partial charge in [0.25, 0.3) is 0 Å². The monoisotopic (exact) mass is 289 g/mol. The van der Waals surface area contributed by atoms with E-state index < -0.39 is 0 Å². The Morgan fingerprint density at radius 1 is 1.35 bits per heavy atom. The van der Waals surface area contributed by atoms with Crippen LogP contribution in [0.1, 0.15) is 29.3 Å². The molecule has 3 aromatic rings. The van der Waals surface area contributed by atoms with Crippen LogP contribution in [0.15, 0.2) is 39.4 Å². The summed E-state index contributed by atoms with van der Waals surface area (Å²) in [4.78, 5) is 0. The second-order valence-corrected chi connectivity index (χ2v) is 5.79. The largest absolute Gasteiger partial charge is 0.459 e. The molecule has 0 aliphatic rings. The van der Waals surface area contributed by atoms with Crippen molar-refractivity contribution in [3.8, 4) is 0 Å². The van der Waals surface area contributed by atoms with Crippen molar-refractivity contribution in [2.75, 3.05) is 0 Å². The van der Waals surface area contributed by atoms with Gasteiger partial charge in [0.05, 0.1) is 6.04 Å². The van der Waals surface area contributed by atoms with Crippen LogP contribution >= 0.6 is 11.3 Å². The van der Waals surface area contributed by atoms with Gasteiger partial charge >= 0.3 is 0 Å². The van der Waals surface area contributed by atoms with Crippen molar-refractivity contribution >= 4 is 22.3 Å². The summed E-state index contributed by atoms with van der Waals surface area (Å²) in [6.07, 6.45) is 1.75. The predicted octanol–water partition coefficient (Wildman–Crippen LogP) is 4.57. The Labute approximate surface area is 121 Å². The molecule has 20 heavy (non-hydrogen) atoms. The van der Waals surface area contributed by atoms with Crippen LogP contribution in [-0.4, -0.2) is 0 Å². The minimum absolute atomic E-state index is 0.162. The van der Waals surface area contributed by atoms with Gasteiger partial charge in [0.15, 0.2) is 0 Å². The van der Waals surface area contributed by atoms with Crippen LogP contribution in [0.2, 0.25) is 0 Å². The third-order valence-electron chi connectivity index (χ3n) is 3.60. The number of aryl methyl sites for hydroxylation is 2. The number of furan rings is 1. The van der Waals surface area contributed by atoms with Crippen molar-refractivity contribution in [1.29, 1.82) is 0 Å². The molecule has 1 unspecified atom stereocenters.